The zero-order valence-corrected chi connectivity index (χ0v) is 12.8. The summed E-state index contributed by atoms with van der Waals surface area (Å²) in [6.45, 7) is 6.97. The molecule has 0 spiro atoms. The third-order valence-electron chi connectivity index (χ3n) is 3.28. The Balaban J connectivity index is 2.33. The van der Waals surface area contributed by atoms with Crippen molar-refractivity contribution < 1.29 is 19.0 Å². The van der Waals surface area contributed by atoms with E-state index >= 15 is 0 Å². The summed E-state index contributed by atoms with van der Waals surface area (Å²) in [4.78, 5) is 0. The molecule has 2 rings (SSSR count). The fraction of sp³-hybridized carbons (Fsp3) is 0.412. The predicted octanol–water partition coefficient (Wildman–Crippen LogP) is 3.72. The van der Waals surface area contributed by atoms with E-state index < -0.39 is 6.10 Å². The minimum atomic E-state index is -0.728. The molecule has 0 amide bonds. The molecule has 0 fully saturated rings. The van der Waals surface area contributed by atoms with E-state index in [1.807, 2.05) is 39.0 Å². The van der Waals surface area contributed by atoms with Crippen molar-refractivity contribution in [3.8, 4) is 11.5 Å². The topological polar surface area (TPSA) is 51.8 Å². The van der Waals surface area contributed by atoms with Gasteiger partial charge in [0, 0.05) is 12.0 Å². The van der Waals surface area contributed by atoms with Crippen molar-refractivity contribution in [1.82, 2.24) is 0 Å². The molecular weight excluding hydrogens is 268 g/mol. The van der Waals surface area contributed by atoms with Gasteiger partial charge in [-0.15, -0.1) is 0 Å². The highest BCUT2D eigenvalue weighted by Gasteiger charge is 2.18. The molecule has 0 radical (unpaired) electrons. The van der Waals surface area contributed by atoms with Gasteiger partial charge in [-0.3, -0.25) is 0 Å². The highest BCUT2D eigenvalue weighted by Crippen LogP contribution is 2.34. The van der Waals surface area contributed by atoms with Gasteiger partial charge in [-0.25, -0.2) is 0 Å². The second-order valence-electron chi connectivity index (χ2n) is 4.63. The van der Waals surface area contributed by atoms with Gasteiger partial charge in [0.1, 0.15) is 11.9 Å². The van der Waals surface area contributed by atoms with Crippen LogP contribution in [0, 0.1) is 0 Å². The second-order valence-corrected chi connectivity index (χ2v) is 4.63. The van der Waals surface area contributed by atoms with Crippen molar-refractivity contribution in [2.75, 3.05) is 13.2 Å². The maximum atomic E-state index is 10.5. The quantitative estimate of drug-likeness (QED) is 0.844. The number of aliphatic hydroxyl groups is 1. The largest absolute Gasteiger partial charge is 0.490 e. The molecule has 0 saturated carbocycles. The minimum absolute atomic E-state index is 0.547. The smallest absolute Gasteiger partial charge is 0.161 e. The van der Waals surface area contributed by atoms with E-state index in [1.54, 1.807) is 12.3 Å². The normalized spacial score (nSPS) is 12.2. The second kappa shape index (κ2) is 7.18. The SMILES string of the molecule is CCOc1ccc(C(O)c2ccoc2CC)cc1OCC. The Morgan fingerprint density at radius 3 is 2.43 bits per heavy atom. The Kier molecular flexibility index (Phi) is 5.28. The van der Waals surface area contributed by atoms with Gasteiger partial charge in [-0.2, -0.15) is 0 Å². The molecule has 1 unspecified atom stereocenters. The first kappa shape index (κ1) is 15.4. The molecule has 0 aliphatic heterocycles. The van der Waals surface area contributed by atoms with Crippen LogP contribution in [0.2, 0.25) is 0 Å². The molecule has 21 heavy (non-hydrogen) atoms. The lowest BCUT2D eigenvalue weighted by atomic mass is 10.0. The van der Waals surface area contributed by atoms with Crippen LogP contribution in [-0.4, -0.2) is 18.3 Å². The molecule has 0 bridgehead atoms. The Morgan fingerprint density at radius 2 is 1.76 bits per heavy atom. The van der Waals surface area contributed by atoms with Crippen molar-refractivity contribution >= 4 is 0 Å². The van der Waals surface area contributed by atoms with Crippen LogP contribution in [-0.2, 0) is 6.42 Å². The van der Waals surface area contributed by atoms with Gasteiger partial charge < -0.3 is 19.0 Å². The van der Waals surface area contributed by atoms with Crippen LogP contribution in [0.4, 0.5) is 0 Å². The van der Waals surface area contributed by atoms with E-state index in [1.165, 1.54) is 0 Å². The summed E-state index contributed by atoms with van der Waals surface area (Å²) in [5.41, 5.74) is 1.56. The van der Waals surface area contributed by atoms with Gasteiger partial charge in [-0.05, 0) is 37.6 Å². The minimum Gasteiger partial charge on any atom is -0.490 e. The summed E-state index contributed by atoms with van der Waals surface area (Å²) < 4.78 is 16.5. The van der Waals surface area contributed by atoms with Crippen molar-refractivity contribution in [3.05, 3.63) is 47.4 Å². The molecule has 1 atom stereocenters. The number of ether oxygens (including phenoxy) is 2. The summed E-state index contributed by atoms with van der Waals surface area (Å²) in [5, 5.41) is 10.5. The standard InChI is InChI=1S/C17H22O4/c1-4-14-13(9-10-21-14)17(18)12-7-8-15(19-5-2)16(11-12)20-6-3/h7-11,17-18H,4-6H2,1-3H3. The van der Waals surface area contributed by atoms with Crippen molar-refractivity contribution in [2.24, 2.45) is 0 Å². The number of rotatable bonds is 7. The molecule has 2 aromatic rings. The first-order chi connectivity index (χ1) is 10.2. The maximum Gasteiger partial charge on any atom is 0.161 e. The lowest BCUT2D eigenvalue weighted by Crippen LogP contribution is -2.04. The van der Waals surface area contributed by atoms with E-state index in [0.717, 1.165) is 23.3 Å². The number of furan rings is 1. The molecule has 1 aromatic carbocycles. The average molecular weight is 290 g/mol. The van der Waals surface area contributed by atoms with Crippen LogP contribution in [0.25, 0.3) is 0 Å². The van der Waals surface area contributed by atoms with Gasteiger partial charge in [-0.1, -0.05) is 13.0 Å². The fourth-order valence-corrected chi connectivity index (χ4v) is 2.30. The molecule has 114 valence electrons. The molecule has 1 heterocycles. The van der Waals surface area contributed by atoms with Crippen LogP contribution in [0.3, 0.4) is 0 Å². The summed E-state index contributed by atoms with van der Waals surface area (Å²) in [6, 6.07) is 7.31. The van der Waals surface area contributed by atoms with Crippen LogP contribution in [0.5, 0.6) is 11.5 Å². The summed E-state index contributed by atoms with van der Waals surface area (Å²) >= 11 is 0. The Hall–Kier alpha value is -1.94. The fourth-order valence-electron chi connectivity index (χ4n) is 2.30. The number of hydrogen-bond donors (Lipinski definition) is 1. The van der Waals surface area contributed by atoms with Gasteiger partial charge in [0.05, 0.1) is 19.5 Å². The number of aryl methyl sites for hydroxylation is 1. The zero-order chi connectivity index (χ0) is 15.2. The van der Waals surface area contributed by atoms with E-state index in [0.29, 0.717) is 24.7 Å². The van der Waals surface area contributed by atoms with Crippen molar-refractivity contribution in [2.45, 2.75) is 33.3 Å². The molecule has 0 aliphatic rings. The summed E-state index contributed by atoms with van der Waals surface area (Å²) in [7, 11) is 0. The van der Waals surface area contributed by atoms with E-state index in [2.05, 4.69) is 0 Å². The van der Waals surface area contributed by atoms with E-state index in [4.69, 9.17) is 13.9 Å². The molecule has 1 aromatic heterocycles. The highest BCUT2D eigenvalue weighted by molar-refractivity contribution is 5.45. The van der Waals surface area contributed by atoms with Gasteiger partial charge in [0.15, 0.2) is 11.5 Å². The summed E-state index contributed by atoms with van der Waals surface area (Å²) in [5.74, 6) is 2.14. The van der Waals surface area contributed by atoms with Crippen LogP contribution >= 0.6 is 0 Å². The zero-order valence-electron chi connectivity index (χ0n) is 12.8. The molecule has 0 aliphatic carbocycles. The average Bonchev–Trinajstić information content (AvgIpc) is 2.97. The van der Waals surface area contributed by atoms with E-state index in [-0.39, 0.29) is 0 Å². The monoisotopic (exact) mass is 290 g/mol. The van der Waals surface area contributed by atoms with Gasteiger partial charge in [0.2, 0.25) is 0 Å². The van der Waals surface area contributed by atoms with Crippen LogP contribution in [0.1, 0.15) is 43.8 Å². The van der Waals surface area contributed by atoms with E-state index in [9.17, 15) is 5.11 Å². The predicted molar refractivity (Wildman–Crippen MR) is 80.9 cm³/mol. The maximum absolute atomic E-state index is 10.5. The van der Waals surface area contributed by atoms with Gasteiger partial charge in [0.25, 0.3) is 0 Å². The Labute approximate surface area is 125 Å². The third-order valence-corrected chi connectivity index (χ3v) is 3.28. The lowest BCUT2D eigenvalue weighted by molar-refractivity contribution is 0.216. The Morgan fingerprint density at radius 1 is 1.05 bits per heavy atom. The number of aliphatic hydroxyl groups excluding tert-OH is 1. The first-order valence-corrected chi connectivity index (χ1v) is 7.35. The molecular formula is C17H22O4. The highest BCUT2D eigenvalue weighted by atomic mass is 16.5. The van der Waals surface area contributed by atoms with Crippen molar-refractivity contribution in [3.63, 3.8) is 0 Å². The molecule has 1 N–H and O–H groups in total. The van der Waals surface area contributed by atoms with Crippen LogP contribution < -0.4 is 9.47 Å². The lowest BCUT2D eigenvalue weighted by Gasteiger charge is -2.15. The Bertz CT molecular complexity index is 574. The number of hydrogen-bond acceptors (Lipinski definition) is 4. The number of benzene rings is 1. The molecule has 4 heteroatoms. The third kappa shape index (κ3) is 3.39. The first-order valence-electron chi connectivity index (χ1n) is 7.35. The molecule has 0 saturated heterocycles. The summed E-state index contributed by atoms with van der Waals surface area (Å²) in [6.07, 6.45) is 1.62. The van der Waals surface area contributed by atoms with Crippen molar-refractivity contribution in [1.29, 1.82) is 0 Å². The molecule has 4 nitrogen and oxygen atoms in total. The van der Waals surface area contributed by atoms with Crippen LogP contribution in [0.15, 0.2) is 34.9 Å². The van der Waals surface area contributed by atoms with Gasteiger partial charge >= 0.3 is 0 Å².